The largest absolute Gasteiger partial charge is 0.755 e. The molecule has 1 aliphatic rings. The van der Waals surface area contributed by atoms with Crippen molar-refractivity contribution in [2.24, 2.45) is 13.0 Å². The van der Waals surface area contributed by atoms with Crippen LogP contribution in [0.25, 0.3) is 0 Å². The molecule has 2 aromatic heterocycles. The van der Waals surface area contributed by atoms with E-state index in [4.69, 9.17) is 0 Å². The first-order valence-electron chi connectivity index (χ1n) is 8.36. The average Bonchev–Trinajstić information content (AvgIpc) is 3.08. The maximum atomic E-state index is 12.8. The van der Waals surface area contributed by atoms with Gasteiger partial charge in [0, 0.05) is 32.5 Å². The van der Waals surface area contributed by atoms with E-state index in [1.165, 1.54) is 0 Å². The number of anilines is 2. The molecule has 1 fully saturated rings. The number of rotatable bonds is 4. The van der Waals surface area contributed by atoms with Crippen LogP contribution in [0.15, 0.2) is 30.9 Å². The molecule has 12 heteroatoms. The second kappa shape index (κ2) is 7.87. The number of amides is 1. The maximum Gasteiger partial charge on any atom is 0.417 e. The number of pyridine rings is 1. The highest BCUT2D eigenvalue weighted by atomic mass is 32.2. The Morgan fingerprint density at radius 3 is 2.64 bits per heavy atom. The van der Waals surface area contributed by atoms with Crippen LogP contribution in [0, 0.1) is 5.92 Å². The number of nitrogens with zero attached hydrogens (tertiary/aromatic N) is 5. The summed E-state index contributed by atoms with van der Waals surface area (Å²) in [6.45, 7) is 0.921. The van der Waals surface area contributed by atoms with Gasteiger partial charge >= 0.3 is 6.18 Å². The normalized spacial score (nSPS) is 18.8. The molecule has 1 aliphatic heterocycles. The second-order valence-corrected chi connectivity index (χ2v) is 7.23. The summed E-state index contributed by atoms with van der Waals surface area (Å²) in [5.41, 5.74) is -1.03. The number of carbonyl (C=O) groups is 1. The van der Waals surface area contributed by atoms with Gasteiger partial charge in [-0.05, 0) is 25.0 Å². The van der Waals surface area contributed by atoms with E-state index in [1.54, 1.807) is 17.1 Å². The van der Waals surface area contributed by atoms with E-state index in [-0.39, 0.29) is 12.4 Å². The molecule has 0 saturated carbocycles. The number of aromatic nitrogens is 3. The summed E-state index contributed by atoms with van der Waals surface area (Å²) in [5.74, 6) is -1.09. The molecule has 0 spiro atoms. The first kappa shape index (κ1) is 20.3. The van der Waals surface area contributed by atoms with Crippen LogP contribution in [0.2, 0.25) is 0 Å². The summed E-state index contributed by atoms with van der Waals surface area (Å²) in [6, 6.07) is 1.56. The molecule has 2 atom stereocenters. The van der Waals surface area contributed by atoms with Gasteiger partial charge in [-0.1, -0.05) is 0 Å². The van der Waals surface area contributed by atoms with Crippen molar-refractivity contribution in [1.82, 2.24) is 14.5 Å². The van der Waals surface area contributed by atoms with Gasteiger partial charge in [-0.15, -0.1) is 0 Å². The zero-order valence-corrected chi connectivity index (χ0v) is 15.6. The molecule has 0 aliphatic carbocycles. The SMILES string of the molecule is Cn1cnc(N2CCC[C@@H](C(=O)N(c3ccc(C(F)(F)F)cn3)S(=O)[O-])C2)c1. The van der Waals surface area contributed by atoms with E-state index in [1.807, 2.05) is 11.9 Å². The zero-order valence-electron chi connectivity index (χ0n) is 14.8. The fourth-order valence-electron chi connectivity index (χ4n) is 3.05. The molecule has 0 N–H and O–H groups in total. The molecule has 0 aromatic carbocycles. The Kier molecular flexibility index (Phi) is 5.70. The third-order valence-electron chi connectivity index (χ3n) is 4.42. The number of piperidine rings is 1. The van der Waals surface area contributed by atoms with Crippen molar-refractivity contribution in [3.05, 3.63) is 36.4 Å². The van der Waals surface area contributed by atoms with Crippen molar-refractivity contribution in [2.45, 2.75) is 19.0 Å². The quantitative estimate of drug-likeness (QED) is 0.707. The van der Waals surface area contributed by atoms with E-state index in [2.05, 4.69) is 9.97 Å². The third-order valence-corrected chi connectivity index (χ3v) is 5.08. The molecule has 3 rings (SSSR count). The Hall–Kier alpha value is -2.47. The Morgan fingerprint density at radius 1 is 1.36 bits per heavy atom. The Balaban J connectivity index is 1.80. The van der Waals surface area contributed by atoms with Gasteiger partial charge < -0.3 is 14.0 Å². The van der Waals surface area contributed by atoms with Gasteiger partial charge in [0.1, 0.15) is 11.6 Å². The van der Waals surface area contributed by atoms with Gasteiger partial charge in [-0.2, -0.15) is 13.2 Å². The van der Waals surface area contributed by atoms with Crippen LogP contribution in [0.4, 0.5) is 24.8 Å². The number of carbonyl (C=O) groups excluding carboxylic acids is 1. The molecule has 3 heterocycles. The lowest BCUT2D eigenvalue weighted by Crippen LogP contribution is -2.46. The Bertz CT molecular complexity index is 871. The predicted molar refractivity (Wildman–Crippen MR) is 93.8 cm³/mol. The standard InChI is InChI=1S/C16H18F3N5O3S/c1-22-9-14(21-10-22)23-6-2-3-11(8-23)15(25)24(28(26)27)13-5-4-12(7-20-13)16(17,18)19/h4-5,7,9-11H,2-3,6,8H2,1H3,(H,26,27)/p-1/t11-/m1/s1. The highest BCUT2D eigenvalue weighted by molar-refractivity contribution is 7.81. The van der Waals surface area contributed by atoms with Crippen LogP contribution in [-0.2, 0) is 29.3 Å². The molecule has 0 radical (unpaired) electrons. The predicted octanol–water partition coefficient (Wildman–Crippen LogP) is 1.88. The molecular weight excluding hydrogens is 399 g/mol. The molecular formula is C16H17F3N5O3S-. The molecule has 0 bridgehead atoms. The summed E-state index contributed by atoms with van der Waals surface area (Å²) in [7, 11) is 1.81. The van der Waals surface area contributed by atoms with Crippen molar-refractivity contribution < 1.29 is 26.7 Å². The van der Waals surface area contributed by atoms with Crippen molar-refractivity contribution >= 4 is 28.8 Å². The zero-order chi connectivity index (χ0) is 20.5. The fraction of sp³-hybridized carbons (Fsp3) is 0.438. The molecule has 1 saturated heterocycles. The minimum Gasteiger partial charge on any atom is -0.755 e. The van der Waals surface area contributed by atoms with Gasteiger partial charge in [0.2, 0.25) is 5.91 Å². The van der Waals surface area contributed by atoms with Crippen molar-refractivity contribution in [3.63, 3.8) is 0 Å². The van der Waals surface area contributed by atoms with E-state index in [0.717, 1.165) is 6.07 Å². The molecule has 1 amide bonds. The van der Waals surface area contributed by atoms with Crippen molar-refractivity contribution in [2.75, 3.05) is 22.3 Å². The molecule has 8 nitrogen and oxygen atoms in total. The summed E-state index contributed by atoms with van der Waals surface area (Å²) >= 11 is -3.01. The van der Waals surface area contributed by atoms with Crippen LogP contribution in [0.3, 0.4) is 0 Å². The van der Waals surface area contributed by atoms with Crippen LogP contribution in [-0.4, -0.2) is 42.3 Å². The topological polar surface area (TPSA) is 94.4 Å². The minimum absolute atomic E-state index is 0.254. The number of aryl methyl sites for hydroxylation is 1. The number of imidazole rings is 1. The number of hydrogen-bond acceptors (Lipinski definition) is 6. The first-order valence-corrected chi connectivity index (χ1v) is 9.39. The van der Waals surface area contributed by atoms with Crippen LogP contribution < -0.4 is 9.21 Å². The monoisotopic (exact) mass is 416 g/mol. The Morgan fingerprint density at radius 2 is 2.11 bits per heavy atom. The van der Waals surface area contributed by atoms with Crippen LogP contribution in [0.1, 0.15) is 18.4 Å². The average molecular weight is 416 g/mol. The fourth-order valence-corrected chi connectivity index (χ4v) is 3.61. The third kappa shape index (κ3) is 4.33. The summed E-state index contributed by atoms with van der Waals surface area (Å²) in [4.78, 5) is 22.4. The van der Waals surface area contributed by atoms with Gasteiger partial charge in [-0.25, -0.2) is 14.3 Å². The summed E-state index contributed by atoms with van der Waals surface area (Å²) in [6.07, 6.45) is 0.399. The molecule has 1 unspecified atom stereocenters. The first-order chi connectivity index (χ1) is 13.2. The van der Waals surface area contributed by atoms with E-state index < -0.39 is 34.8 Å². The van der Waals surface area contributed by atoms with E-state index in [9.17, 15) is 26.7 Å². The lowest BCUT2D eigenvalue weighted by molar-refractivity contribution is -0.137. The minimum atomic E-state index is -4.61. The van der Waals surface area contributed by atoms with Gasteiger partial charge in [0.25, 0.3) is 0 Å². The van der Waals surface area contributed by atoms with Crippen molar-refractivity contribution in [3.8, 4) is 0 Å². The van der Waals surface area contributed by atoms with Gasteiger partial charge in [0.05, 0.1) is 29.1 Å². The highest BCUT2D eigenvalue weighted by Gasteiger charge is 2.34. The maximum absolute atomic E-state index is 12.8. The van der Waals surface area contributed by atoms with Crippen LogP contribution in [0.5, 0.6) is 0 Å². The van der Waals surface area contributed by atoms with Gasteiger partial charge in [0.15, 0.2) is 0 Å². The van der Waals surface area contributed by atoms with Crippen molar-refractivity contribution in [1.29, 1.82) is 0 Å². The molecule has 152 valence electrons. The lowest BCUT2D eigenvalue weighted by atomic mass is 9.97. The Labute approximate surface area is 161 Å². The highest BCUT2D eigenvalue weighted by Crippen LogP contribution is 2.30. The second-order valence-electron chi connectivity index (χ2n) is 6.44. The van der Waals surface area contributed by atoms with Gasteiger partial charge in [-0.3, -0.25) is 9.00 Å². The number of alkyl halides is 3. The van der Waals surface area contributed by atoms with E-state index in [0.29, 0.717) is 41.8 Å². The van der Waals surface area contributed by atoms with E-state index >= 15 is 0 Å². The summed E-state index contributed by atoms with van der Waals surface area (Å²) < 4.78 is 63.5. The number of halogens is 3. The molecule has 28 heavy (non-hydrogen) atoms. The molecule has 2 aromatic rings. The lowest BCUT2D eigenvalue weighted by Gasteiger charge is -2.35. The van der Waals surface area contributed by atoms with Crippen LogP contribution >= 0.6 is 0 Å². The number of hydrogen-bond donors (Lipinski definition) is 0. The summed E-state index contributed by atoms with van der Waals surface area (Å²) in [5, 5.41) is 0. The smallest absolute Gasteiger partial charge is 0.417 e.